The molecule has 1 unspecified atom stereocenters. The maximum atomic E-state index is 13.8. The second-order valence-corrected chi connectivity index (χ2v) is 13.7. The summed E-state index contributed by atoms with van der Waals surface area (Å²) in [5.74, 6) is -0.0772. The number of benzene rings is 5. The third-order valence-corrected chi connectivity index (χ3v) is 10.1. The molecule has 0 spiro atoms. The van der Waals surface area contributed by atoms with Crippen molar-refractivity contribution >= 4 is 57.7 Å². The van der Waals surface area contributed by atoms with Crippen molar-refractivity contribution in [3.8, 4) is 28.5 Å². The molecular formula is C42H36N4O6S2. The summed E-state index contributed by atoms with van der Waals surface area (Å²) in [6.07, 6.45) is 1.53. The van der Waals surface area contributed by atoms with Gasteiger partial charge in [-0.1, -0.05) is 78.9 Å². The molecule has 3 N–H and O–H groups in total. The molecule has 0 aliphatic heterocycles. The number of hydrogen-bond acceptors (Lipinski definition) is 9. The fourth-order valence-electron chi connectivity index (χ4n) is 5.39. The van der Waals surface area contributed by atoms with E-state index >= 15 is 0 Å². The quantitative estimate of drug-likeness (QED) is 0.0744. The van der Waals surface area contributed by atoms with Gasteiger partial charge in [0.25, 0.3) is 11.8 Å². The molecule has 1 atom stereocenters. The van der Waals surface area contributed by atoms with Gasteiger partial charge in [0.2, 0.25) is 11.7 Å². The van der Waals surface area contributed by atoms with E-state index in [1.165, 1.54) is 50.5 Å². The molecule has 0 aliphatic rings. The van der Waals surface area contributed by atoms with Gasteiger partial charge >= 0.3 is 0 Å². The van der Waals surface area contributed by atoms with Crippen LogP contribution in [-0.2, 0) is 9.59 Å². The molecule has 272 valence electrons. The summed E-state index contributed by atoms with van der Waals surface area (Å²) in [6.45, 7) is 0. The number of hydrogen-bond donors (Lipinski definition) is 3. The summed E-state index contributed by atoms with van der Waals surface area (Å²) >= 11 is 2.74. The lowest BCUT2D eigenvalue weighted by molar-refractivity contribution is -0.116. The Morgan fingerprint density at radius 1 is 0.741 bits per heavy atom. The van der Waals surface area contributed by atoms with Gasteiger partial charge in [0, 0.05) is 27.1 Å². The molecule has 12 heteroatoms. The Bertz CT molecular complexity index is 2220. The maximum absolute atomic E-state index is 13.8. The summed E-state index contributed by atoms with van der Waals surface area (Å²) < 4.78 is 16.4. The Labute approximate surface area is 321 Å². The van der Waals surface area contributed by atoms with E-state index in [0.29, 0.717) is 39.2 Å². The molecule has 0 fully saturated rings. The number of carbonyl (C=O) groups excluding carboxylic acids is 3. The minimum Gasteiger partial charge on any atom is -0.493 e. The SMILES string of the molecule is COc1cc(/C=C(\NC(=O)c2ccccc2)C(=O)Nc2ccc(SC(C(=O)Nc3nc(-c4ccccc4)cs3)c3ccccc3)cc2)cc(OC)c1OC. The molecule has 0 bridgehead atoms. The van der Waals surface area contributed by atoms with Gasteiger partial charge < -0.3 is 30.2 Å². The van der Waals surface area contributed by atoms with Crippen LogP contribution in [0.25, 0.3) is 17.3 Å². The van der Waals surface area contributed by atoms with Gasteiger partial charge in [0.1, 0.15) is 10.9 Å². The van der Waals surface area contributed by atoms with E-state index in [1.54, 1.807) is 54.6 Å². The van der Waals surface area contributed by atoms with Crippen molar-refractivity contribution in [1.29, 1.82) is 0 Å². The number of amides is 3. The molecule has 1 aromatic heterocycles. The van der Waals surface area contributed by atoms with E-state index in [4.69, 9.17) is 14.2 Å². The van der Waals surface area contributed by atoms with E-state index in [9.17, 15) is 14.4 Å². The standard InChI is InChI=1S/C42H36N4O6S2/c1-50-35-24-27(25-36(51-2)37(35)52-3)23-33(44-39(47)30-17-11-6-12-18-30)40(48)43-31-19-21-32(22-20-31)54-38(29-15-9-5-10-16-29)41(49)46-42-45-34(26-53-42)28-13-7-4-8-14-28/h4-26,38H,1-3H3,(H,43,48)(H,44,47)(H,45,46,49)/b33-23-. The van der Waals surface area contributed by atoms with Gasteiger partial charge in [-0.2, -0.15) is 0 Å². The highest BCUT2D eigenvalue weighted by molar-refractivity contribution is 8.00. The lowest BCUT2D eigenvalue weighted by Gasteiger charge is -2.17. The van der Waals surface area contributed by atoms with Gasteiger partial charge in [-0.25, -0.2) is 4.98 Å². The first-order valence-electron chi connectivity index (χ1n) is 16.7. The molecule has 6 aromatic rings. The topological polar surface area (TPSA) is 128 Å². The maximum Gasteiger partial charge on any atom is 0.272 e. The molecule has 5 aromatic carbocycles. The predicted octanol–water partition coefficient (Wildman–Crippen LogP) is 8.72. The molecular weight excluding hydrogens is 721 g/mol. The normalized spacial score (nSPS) is 11.6. The number of ether oxygens (including phenoxy) is 3. The van der Waals surface area contributed by atoms with Crippen molar-refractivity contribution in [2.45, 2.75) is 10.1 Å². The van der Waals surface area contributed by atoms with Crippen molar-refractivity contribution in [3.05, 3.63) is 155 Å². The van der Waals surface area contributed by atoms with Gasteiger partial charge in [0.05, 0.1) is 27.0 Å². The molecule has 1 heterocycles. The number of rotatable bonds is 14. The Balaban J connectivity index is 1.21. The molecule has 0 radical (unpaired) electrons. The second kappa shape index (κ2) is 17.9. The van der Waals surface area contributed by atoms with Gasteiger partial charge in [-0.3, -0.25) is 14.4 Å². The molecule has 3 amide bonds. The Hall–Kier alpha value is -6.37. The largest absolute Gasteiger partial charge is 0.493 e. The zero-order valence-electron chi connectivity index (χ0n) is 29.6. The Kier molecular flexibility index (Phi) is 12.4. The van der Waals surface area contributed by atoms with E-state index < -0.39 is 17.1 Å². The zero-order chi connectivity index (χ0) is 37.9. The van der Waals surface area contributed by atoms with Crippen LogP contribution in [0.4, 0.5) is 10.8 Å². The first-order chi connectivity index (χ1) is 26.3. The first kappa shape index (κ1) is 37.4. The summed E-state index contributed by atoms with van der Waals surface area (Å²) in [5, 5.41) is 10.5. The van der Waals surface area contributed by atoms with E-state index in [-0.39, 0.29) is 11.6 Å². The van der Waals surface area contributed by atoms with Gasteiger partial charge in [0.15, 0.2) is 16.6 Å². The summed E-state index contributed by atoms with van der Waals surface area (Å²) in [4.78, 5) is 46.1. The first-order valence-corrected chi connectivity index (χ1v) is 18.4. The summed E-state index contributed by atoms with van der Waals surface area (Å²) in [6, 6.07) is 38.4. The molecule has 6 rings (SSSR count). The Morgan fingerprint density at radius 2 is 1.35 bits per heavy atom. The molecule has 0 aliphatic carbocycles. The predicted molar refractivity (Wildman–Crippen MR) is 214 cm³/mol. The number of nitrogens with zero attached hydrogens (tertiary/aromatic N) is 1. The number of thioether (sulfide) groups is 1. The molecule has 10 nitrogen and oxygen atoms in total. The highest BCUT2D eigenvalue weighted by Crippen LogP contribution is 2.39. The summed E-state index contributed by atoms with van der Waals surface area (Å²) in [5.41, 5.74) is 3.95. The highest BCUT2D eigenvalue weighted by atomic mass is 32.2. The highest BCUT2D eigenvalue weighted by Gasteiger charge is 2.24. The van der Waals surface area contributed by atoms with E-state index in [0.717, 1.165) is 21.7 Å². The summed E-state index contributed by atoms with van der Waals surface area (Å²) in [7, 11) is 4.49. The average molecular weight is 757 g/mol. The van der Waals surface area contributed by atoms with Crippen LogP contribution >= 0.6 is 23.1 Å². The van der Waals surface area contributed by atoms with Crippen molar-refractivity contribution in [3.63, 3.8) is 0 Å². The van der Waals surface area contributed by atoms with E-state index in [1.807, 2.05) is 78.2 Å². The average Bonchev–Trinajstić information content (AvgIpc) is 3.69. The van der Waals surface area contributed by atoms with Crippen LogP contribution in [0, 0.1) is 0 Å². The van der Waals surface area contributed by atoms with Crippen LogP contribution in [0.15, 0.2) is 143 Å². The number of aromatic nitrogens is 1. The van der Waals surface area contributed by atoms with Crippen LogP contribution in [0.2, 0.25) is 0 Å². The fourth-order valence-corrected chi connectivity index (χ4v) is 7.14. The van der Waals surface area contributed by atoms with Crippen LogP contribution in [0.1, 0.15) is 26.7 Å². The van der Waals surface area contributed by atoms with E-state index in [2.05, 4.69) is 20.9 Å². The van der Waals surface area contributed by atoms with Crippen molar-refractivity contribution in [2.75, 3.05) is 32.0 Å². The van der Waals surface area contributed by atoms with Crippen LogP contribution in [-0.4, -0.2) is 44.0 Å². The molecule has 54 heavy (non-hydrogen) atoms. The zero-order valence-corrected chi connectivity index (χ0v) is 31.2. The number of nitrogens with one attached hydrogen (secondary N) is 3. The van der Waals surface area contributed by atoms with Gasteiger partial charge in [-0.05, 0) is 65.7 Å². The van der Waals surface area contributed by atoms with Gasteiger partial charge in [-0.15, -0.1) is 23.1 Å². The van der Waals surface area contributed by atoms with Crippen LogP contribution in [0.3, 0.4) is 0 Å². The number of anilines is 2. The lowest BCUT2D eigenvalue weighted by Crippen LogP contribution is -2.30. The van der Waals surface area contributed by atoms with Crippen LogP contribution in [0.5, 0.6) is 17.2 Å². The molecule has 0 saturated heterocycles. The Morgan fingerprint density at radius 3 is 1.96 bits per heavy atom. The number of methoxy groups -OCH3 is 3. The number of carbonyl (C=O) groups is 3. The third-order valence-electron chi connectivity index (χ3n) is 8.04. The van der Waals surface area contributed by atoms with Crippen LogP contribution < -0.4 is 30.2 Å². The third kappa shape index (κ3) is 9.34. The van der Waals surface area contributed by atoms with Crippen molar-refractivity contribution < 1.29 is 28.6 Å². The smallest absolute Gasteiger partial charge is 0.272 e. The lowest BCUT2D eigenvalue weighted by atomic mass is 10.1. The fraction of sp³-hybridized carbons (Fsp3) is 0.0952. The molecule has 0 saturated carbocycles. The second-order valence-electron chi connectivity index (χ2n) is 11.6. The monoisotopic (exact) mass is 756 g/mol. The van der Waals surface area contributed by atoms with Crippen molar-refractivity contribution in [1.82, 2.24) is 10.3 Å². The van der Waals surface area contributed by atoms with Crippen molar-refractivity contribution in [2.24, 2.45) is 0 Å². The minimum atomic E-state index is -0.586. The number of thiazole rings is 1. The minimum absolute atomic E-state index is 0.0185.